The number of anilines is 3. The first kappa shape index (κ1) is 21.0. The quantitative estimate of drug-likeness (QED) is 0.384. The highest BCUT2D eigenvalue weighted by atomic mass is 35.5. The third-order valence-electron chi connectivity index (χ3n) is 5.36. The SMILES string of the molecule is Nc1nc2c(c(=O)[nH]1)NCN2[C@@H]1C[C@H](CO)[C@H]1COP(=O)(O)Oc1ccc(Cl)cc1. The van der Waals surface area contributed by atoms with E-state index in [-0.39, 0.29) is 48.3 Å². The topological polar surface area (TPSA) is 163 Å². The molecule has 30 heavy (non-hydrogen) atoms. The van der Waals surface area contributed by atoms with Crippen molar-refractivity contribution >= 4 is 36.9 Å². The van der Waals surface area contributed by atoms with Gasteiger partial charge in [0.2, 0.25) is 5.95 Å². The third kappa shape index (κ3) is 4.12. The predicted octanol–water partition coefficient (Wildman–Crippen LogP) is 1.39. The lowest BCUT2D eigenvalue weighted by molar-refractivity contribution is 0.0217. The molecule has 1 unspecified atom stereocenters. The van der Waals surface area contributed by atoms with Crippen LogP contribution < -0.4 is 26.0 Å². The fourth-order valence-corrected chi connectivity index (χ4v) is 4.72. The number of halogens is 1. The van der Waals surface area contributed by atoms with Gasteiger partial charge < -0.3 is 25.6 Å². The molecule has 2 aliphatic rings. The standard InChI is InChI=1S/C17H21ClN5O6P/c18-10-1-3-11(4-2-10)29-30(26,27)28-7-12-9(6-24)5-13(12)23-8-20-14-15(23)21-17(19)22-16(14)25/h1-4,9,12-13,20,24H,5-8H2,(H,26,27)(H3,19,21,22,25)/t9-,12-,13-/m1/s1. The summed E-state index contributed by atoms with van der Waals surface area (Å²) in [6, 6.07) is 5.80. The highest BCUT2D eigenvalue weighted by molar-refractivity contribution is 7.47. The average molecular weight is 458 g/mol. The van der Waals surface area contributed by atoms with Crippen LogP contribution in [0.3, 0.4) is 0 Å². The second-order valence-corrected chi connectivity index (χ2v) is 8.99. The van der Waals surface area contributed by atoms with E-state index in [0.29, 0.717) is 29.6 Å². The van der Waals surface area contributed by atoms with Gasteiger partial charge in [0, 0.05) is 23.6 Å². The predicted molar refractivity (Wildman–Crippen MR) is 111 cm³/mol. The molecule has 4 rings (SSSR count). The number of nitrogens with two attached hydrogens (primary N) is 1. The Bertz CT molecular complexity index is 1030. The normalized spacial score (nSPS) is 24.5. The molecule has 1 saturated carbocycles. The van der Waals surface area contributed by atoms with Crippen LogP contribution in [0.1, 0.15) is 6.42 Å². The Morgan fingerprint density at radius 3 is 2.80 bits per heavy atom. The van der Waals surface area contributed by atoms with Crippen LogP contribution in [0, 0.1) is 11.8 Å². The summed E-state index contributed by atoms with van der Waals surface area (Å²) in [5.41, 5.74) is 5.60. The first-order chi connectivity index (χ1) is 14.3. The first-order valence-corrected chi connectivity index (χ1v) is 11.1. The summed E-state index contributed by atoms with van der Waals surface area (Å²) < 4.78 is 22.6. The van der Waals surface area contributed by atoms with E-state index in [2.05, 4.69) is 15.3 Å². The second-order valence-electron chi connectivity index (χ2n) is 7.17. The van der Waals surface area contributed by atoms with E-state index < -0.39 is 7.82 Å². The van der Waals surface area contributed by atoms with Crippen molar-refractivity contribution in [3.8, 4) is 5.75 Å². The zero-order chi connectivity index (χ0) is 21.5. The van der Waals surface area contributed by atoms with Crippen molar-refractivity contribution in [2.45, 2.75) is 12.5 Å². The van der Waals surface area contributed by atoms with Gasteiger partial charge in [-0.3, -0.25) is 19.2 Å². The van der Waals surface area contributed by atoms with Gasteiger partial charge in [-0.15, -0.1) is 0 Å². The fraction of sp³-hybridized carbons (Fsp3) is 0.412. The fourth-order valence-electron chi connectivity index (χ4n) is 3.79. The summed E-state index contributed by atoms with van der Waals surface area (Å²) in [6.45, 7) is 0.103. The van der Waals surface area contributed by atoms with E-state index in [1.807, 2.05) is 4.90 Å². The van der Waals surface area contributed by atoms with Crippen LogP contribution in [0.25, 0.3) is 0 Å². The van der Waals surface area contributed by atoms with E-state index >= 15 is 0 Å². The number of aromatic amines is 1. The highest BCUT2D eigenvalue weighted by Crippen LogP contribution is 2.48. The Morgan fingerprint density at radius 1 is 1.37 bits per heavy atom. The zero-order valence-corrected chi connectivity index (χ0v) is 17.3. The summed E-state index contributed by atoms with van der Waals surface area (Å²) in [5, 5.41) is 13.1. The number of benzene rings is 1. The van der Waals surface area contributed by atoms with Gasteiger partial charge in [0.05, 0.1) is 13.3 Å². The number of nitrogen functional groups attached to an aromatic ring is 1. The van der Waals surface area contributed by atoms with Crippen molar-refractivity contribution in [3.05, 3.63) is 39.6 Å². The Labute approximate surface area is 176 Å². The Kier molecular flexibility index (Phi) is 5.65. The van der Waals surface area contributed by atoms with Gasteiger partial charge in [-0.25, -0.2) is 4.57 Å². The maximum atomic E-state index is 12.3. The van der Waals surface area contributed by atoms with Gasteiger partial charge in [0.15, 0.2) is 5.82 Å². The molecule has 0 saturated heterocycles. The van der Waals surface area contributed by atoms with Crippen molar-refractivity contribution in [2.24, 2.45) is 11.8 Å². The number of phosphoric ester groups is 1. The number of hydrogen-bond donors (Lipinski definition) is 5. The molecule has 0 bridgehead atoms. The molecule has 4 atom stereocenters. The molecule has 1 aromatic heterocycles. The first-order valence-electron chi connectivity index (χ1n) is 9.21. The lowest BCUT2D eigenvalue weighted by Gasteiger charge is -2.48. The molecule has 162 valence electrons. The molecule has 1 aliphatic carbocycles. The van der Waals surface area contributed by atoms with Crippen LogP contribution in [0.2, 0.25) is 5.02 Å². The van der Waals surface area contributed by atoms with Crippen molar-refractivity contribution in [1.82, 2.24) is 9.97 Å². The number of aliphatic hydroxyl groups is 1. The molecule has 6 N–H and O–H groups in total. The van der Waals surface area contributed by atoms with Gasteiger partial charge in [0.1, 0.15) is 11.4 Å². The molecular formula is C17H21ClN5O6P. The summed E-state index contributed by atoms with van der Waals surface area (Å²) in [5.74, 6) is 0.140. The van der Waals surface area contributed by atoms with Crippen LogP contribution in [0.4, 0.5) is 17.5 Å². The molecule has 13 heteroatoms. The van der Waals surface area contributed by atoms with Crippen LogP contribution in [0.15, 0.2) is 29.1 Å². The van der Waals surface area contributed by atoms with E-state index in [0.717, 1.165) is 0 Å². The number of aliphatic hydroxyl groups excluding tert-OH is 1. The number of nitrogens with zero attached hydrogens (tertiary/aromatic N) is 2. The van der Waals surface area contributed by atoms with Crippen molar-refractivity contribution in [1.29, 1.82) is 0 Å². The molecule has 1 fully saturated rings. The molecule has 1 aromatic carbocycles. The van der Waals surface area contributed by atoms with E-state index in [1.54, 1.807) is 0 Å². The molecular weight excluding hydrogens is 437 g/mol. The number of hydrogen-bond acceptors (Lipinski definition) is 9. The number of H-pyrrole nitrogens is 1. The monoisotopic (exact) mass is 457 g/mol. The van der Waals surface area contributed by atoms with Crippen LogP contribution >= 0.6 is 19.4 Å². The minimum atomic E-state index is -4.39. The molecule has 0 spiro atoms. The molecule has 11 nitrogen and oxygen atoms in total. The van der Waals surface area contributed by atoms with Crippen LogP contribution in [-0.2, 0) is 9.09 Å². The van der Waals surface area contributed by atoms with Crippen LogP contribution in [-0.4, -0.2) is 45.9 Å². The molecule has 1 aliphatic heterocycles. The van der Waals surface area contributed by atoms with E-state index in [1.165, 1.54) is 24.3 Å². The number of rotatable bonds is 7. The maximum absolute atomic E-state index is 12.3. The van der Waals surface area contributed by atoms with Gasteiger partial charge in [-0.2, -0.15) is 4.98 Å². The summed E-state index contributed by atoms with van der Waals surface area (Å²) in [4.78, 5) is 30.6. The minimum Gasteiger partial charge on any atom is -0.404 e. The van der Waals surface area contributed by atoms with Gasteiger partial charge in [-0.05, 0) is 36.6 Å². The van der Waals surface area contributed by atoms with E-state index in [4.69, 9.17) is 26.4 Å². The minimum absolute atomic E-state index is 0.00509. The third-order valence-corrected chi connectivity index (χ3v) is 6.53. The number of aromatic nitrogens is 2. The molecule has 2 heterocycles. The lowest BCUT2D eigenvalue weighted by Crippen LogP contribution is -2.55. The summed E-state index contributed by atoms with van der Waals surface area (Å²) in [7, 11) is -4.39. The Hall–Kier alpha value is -2.30. The van der Waals surface area contributed by atoms with Gasteiger partial charge >= 0.3 is 7.82 Å². The zero-order valence-electron chi connectivity index (χ0n) is 15.7. The molecule has 0 radical (unpaired) electrons. The smallest absolute Gasteiger partial charge is 0.404 e. The van der Waals surface area contributed by atoms with Crippen molar-refractivity contribution < 1.29 is 23.6 Å². The Balaban J connectivity index is 1.45. The van der Waals surface area contributed by atoms with Gasteiger partial charge in [-0.1, -0.05) is 11.6 Å². The Morgan fingerprint density at radius 2 is 2.10 bits per heavy atom. The van der Waals surface area contributed by atoms with Crippen LogP contribution in [0.5, 0.6) is 5.75 Å². The van der Waals surface area contributed by atoms with E-state index in [9.17, 15) is 19.4 Å². The average Bonchev–Trinajstić information content (AvgIpc) is 3.07. The number of fused-ring (bicyclic) bond motifs is 1. The second kappa shape index (κ2) is 8.09. The molecule has 2 aromatic rings. The summed E-state index contributed by atoms with van der Waals surface area (Å²) in [6.07, 6.45) is 0.605. The van der Waals surface area contributed by atoms with Crippen molar-refractivity contribution in [2.75, 3.05) is 35.8 Å². The maximum Gasteiger partial charge on any atom is 0.527 e. The highest BCUT2D eigenvalue weighted by Gasteiger charge is 2.47. The number of nitrogens with one attached hydrogen (secondary N) is 2. The molecule has 0 amide bonds. The largest absolute Gasteiger partial charge is 0.527 e. The van der Waals surface area contributed by atoms with Crippen molar-refractivity contribution in [3.63, 3.8) is 0 Å². The van der Waals surface area contributed by atoms with Gasteiger partial charge in [0.25, 0.3) is 5.56 Å². The number of phosphoric acid groups is 1. The summed E-state index contributed by atoms with van der Waals surface area (Å²) >= 11 is 5.79. The lowest BCUT2D eigenvalue weighted by atomic mass is 9.69.